The number of nitrogens with zero attached hydrogens (tertiary/aromatic N) is 2. The van der Waals surface area contributed by atoms with Crippen molar-refractivity contribution < 1.29 is 23.0 Å². The van der Waals surface area contributed by atoms with Crippen LogP contribution in [-0.2, 0) is 6.54 Å². The van der Waals surface area contributed by atoms with E-state index in [4.69, 9.17) is 9.47 Å². The lowest BCUT2D eigenvalue weighted by molar-refractivity contribution is 0.102. The van der Waals surface area contributed by atoms with Crippen molar-refractivity contribution in [2.45, 2.75) is 6.54 Å². The quantitative estimate of drug-likeness (QED) is 0.702. The summed E-state index contributed by atoms with van der Waals surface area (Å²) in [4.78, 5) is 20.5. The molecule has 2 aromatic carbocycles. The minimum atomic E-state index is -0.872. The standard InChI is InChI=1S/C19H14F2N4O3/c20-12-2-3-14(13(21)8-12)24-18(26)15-5-6-22-19(25-15)23-9-11-1-4-16-17(7-11)28-10-27-16/h1-8H,9-10H2,(H,24,26)(H,22,23,25). The van der Waals surface area contributed by atoms with E-state index < -0.39 is 17.5 Å². The van der Waals surface area contributed by atoms with Gasteiger partial charge in [-0.05, 0) is 35.9 Å². The van der Waals surface area contributed by atoms with Gasteiger partial charge in [0.15, 0.2) is 11.5 Å². The number of amides is 1. The van der Waals surface area contributed by atoms with Gasteiger partial charge in [-0.3, -0.25) is 4.79 Å². The first-order valence-electron chi connectivity index (χ1n) is 8.30. The molecule has 0 bridgehead atoms. The predicted molar refractivity (Wildman–Crippen MR) is 96.2 cm³/mol. The zero-order chi connectivity index (χ0) is 19.5. The number of carbonyl (C=O) groups is 1. The first-order valence-corrected chi connectivity index (χ1v) is 8.30. The van der Waals surface area contributed by atoms with Crippen molar-refractivity contribution in [3.05, 3.63) is 71.6 Å². The number of hydrogen-bond donors (Lipinski definition) is 2. The Balaban J connectivity index is 1.43. The van der Waals surface area contributed by atoms with Crippen molar-refractivity contribution in [1.82, 2.24) is 9.97 Å². The topological polar surface area (TPSA) is 85.4 Å². The second-order valence-electron chi connectivity index (χ2n) is 5.88. The van der Waals surface area contributed by atoms with Gasteiger partial charge in [-0.15, -0.1) is 0 Å². The van der Waals surface area contributed by atoms with Crippen molar-refractivity contribution in [2.24, 2.45) is 0 Å². The molecule has 2 heterocycles. The summed E-state index contributed by atoms with van der Waals surface area (Å²) in [7, 11) is 0. The van der Waals surface area contributed by atoms with Gasteiger partial charge in [-0.1, -0.05) is 6.07 Å². The second kappa shape index (κ2) is 7.47. The molecule has 3 aromatic rings. The van der Waals surface area contributed by atoms with Gasteiger partial charge in [-0.25, -0.2) is 18.7 Å². The van der Waals surface area contributed by atoms with Gasteiger partial charge in [0, 0.05) is 18.8 Å². The zero-order valence-electron chi connectivity index (χ0n) is 14.4. The Morgan fingerprint density at radius 1 is 1.07 bits per heavy atom. The molecular formula is C19H14F2N4O3. The fourth-order valence-electron chi connectivity index (χ4n) is 2.58. The third-order valence-corrected chi connectivity index (χ3v) is 3.96. The number of nitrogens with one attached hydrogen (secondary N) is 2. The number of carbonyl (C=O) groups excluding carboxylic acids is 1. The maximum absolute atomic E-state index is 13.7. The maximum atomic E-state index is 13.7. The highest BCUT2D eigenvalue weighted by molar-refractivity contribution is 6.03. The average molecular weight is 384 g/mol. The molecule has 0 unspecified atom stereocenters. The molecular weight excluding hydrogens is 370 g/mol. The van der Waals surface area contributed by atoms with Crippen LogP contribution in [0.25, 0.3) is 0 Å². The highest BCUT2D eigenvalue weighted by Crippen LogP contribution is 2.32. The third kappa shape index (κ3) is 3.83. The lowest BCUT2D eigenvalue weighted by atomic mass is 10.2. The number of aromatic nitrogens is 2. The normalized spacial score (nSPS) is 11.9. The van der Waals surface area contributed by atoms with Crippen LogP contribution in [0.4, 0.5) is 20.4 Å². The summed E-state index contributed by atoms with van der Waals surface area (Å²) in [6.07, 6.45) is 1.41. The molecule has 0 fully saturated rings. The smallest absolute Gasteiger partial charge is 0.274 e. The van der Waals surface area contributed by atoms with E-state index in [0.717, 1.165) is 17.7 Å². The maximum Gasteiger partial charge on any atom is 0.274 e. The van der Waals surface area contributed by atoms with Crippen molar-refractivity contribution >= 4 is 17.5 Å². The van der Waals surface area contributed by atoms with Crippen molar-refractivity contribution in [3.63, 3.8) is 0 Å². The predicted octanol–water partition coefficient (Wildman–Crippen LogP) is 3.35. The average Bonchev–Trinajstić information content (AvgIpc) is 3.16. The van der Waals surface area contributed by atoms with E-state index in [1.54, 1.807) is 6.07 Å². The van der Waals surface area contributed by atoms with Gasteiger partial charge < -0.3 is 20.1 Å². The van der Waals surface area contributed by atoms with Crippen LogP contribution in [0.3, 0.4) is 0 Å². The largest absolute Gasteiger partial charge is 0.454 e. The molecule has 28 heavy (non-hydrogen) atoms. The molecule has 1 aromatic heterocycles. The molecule has 0 atom stereocenters. The monoisotopic (exact) mass is 384 g/mol. The molecule has 7 nitrogen and oxygen atoms in total. The number of ether oxygens (including phenoxy) is 2. The highest BCUT2D eigenvalue weighted by Gasteiger charge is 2.14. The van der Waals surface area contributed by atoms with Gasteiger partial charge in [0.05, 0.1) is 5.69 Å². The van der Waals surface area contributed by atoms with Crippen LogP contribution in [0.2, 0.25) is 0 Å². The van der Waals surface area contributed by atoms with Gasteiger partial charge in [0.2, 0.25) is 12.7 Å². The lowest BCUT2D eigenvalue weighted by Crippen LogP contribution is -2.16. The Kier molecular flexibility index (Phi) is 4.71. The molecule has 1 amide bonds. The number of fused-ring (bicyclic) bond motifs is 1. The lowest BCUT2D eigenvalue weighted by Gasteiger charge is -2.08. The molecule has 1 aliphatic heterocycles. The Hall–Kier alpha value is -3.75. The number of anilines is 2. The third-order valence-electron chi connectivity index (χ3n) is 3.96. The summed E-state index contributed by atoms with van der Waals surface area (Å²) >= 11 is 0. The van der Waals surface area contributed by atoms with E-state index in [0.29, 0.717) is 24.1 Å². The molecule has 2 N–H and O–H groups in total. The summed E-state index contributed by atoms with van der Waals surface area (Å²) < 4.78 is 37.2. The van der Waals surface area contributed by atoms with Gasteiger partial charge >= 0.3 is 0 Å². The van der Waals surface area contributed by atoms with Crippen LogP contribution in [-0.4, -0.2) is 22.7 Å². The van der Waals surface area contributed by atoms with E-state index in [-0.39, 0.29) is 24.1 Å². The molecule has 0 spiro atoms. The Morgan fingerprint density at radius 2 is 1.93 bits per heavy atom. The fourth-order valence-corrected chi connectivity index (χ4v) is 2.58. The molecule has 9 heteroatoms. The van der Waals surface area contributed by atoms with E-state index >= 15 is 0 Å². The van der Waals surface area contributed by atoms with Crippen LogP contribution >= 0.6 is 0 Å². The van der Waals surface area contributed by atoms with Crippen LogP contribution in [0.5, 0.6) is 11.5 Å². The van der Waals surface area contributed by atoms with E-state index in [1.807, 2.05) is 12.1 Å². The minimum absolute atomic E-state index is 0.0342. The number of benzene rings is 2. The number of halogens is 2. The Morgan fingerprint density at radius 3 is 2.79 bits per heavy atom. The van der Waals surface area contributed by atoms with Crippen molar-refractivity contribution in [3.8, 4) is 11.5 Å². The molecule has 1 aliphatic rings. The van der Waals surface area contributed by atoms with Gasteiger partial charge in [0.1, 0.15) is 17.3 Å². The first-order chi connectivity index (χ1) is 13.6. The summed E-state index contributed by atoms with van der Waals surface area (Å²) in [5, 5.41) is 5.36. The zero-order valence-corrected chi connectivity index (χ0v) is 14.4. The summed E-state index contributed by atoms with van der Waals surface area (Å²) in [5.41, 5.74) is 0.808. The van der Waals surface area contributed by atoms with E-state index in [1.165, 1.54) is 12.3 Å². The molecule has 142 valence electrons. The SMILES string of the molecule is O=C(Nc1ccc(F)cc1F)c1ccnc(NCc2ccc3c(c2)OCO3)n1. The molecule has 4 rings (SSSR count). The Labute approximate surface area is 158 Å². The molecule has 0 saturated carbocycles. The fraction of sp³-hybridized carbons (Fsp3) is 0.105. The van der Waals surface area contributed by atoms with E-state index in [2.05, 4.69) is 20.6 Å². The summed E-state index contributed by atoms with van der Waals surface area (Å²) in [5.74, 6) is -0.665. The summed E-state index contributed by atoms with van der Waals surface area (Å²) in [6.45, 7) is 0.593. The second-order valence-corrected chi connectivity index (χ2v) is 5.88. The molecule has 0 radical (unpaired) electrons. The number of hydrogen-bond acceptors (Lipinski definition) is 6. The van der Waals surface area contributed by atoms with Crippen LogP contribution in [0, 0.1) is 11.6 Å². The van der Waals surface area contributed by atoms with Crippen LogP contribution in [0.15, 0.2) is 48.7 Å². The van der Waals surface area contributed by atoms with E-state index in [9.17, 15) is 13.6 Å². The highest BCUT2D eigenvalue weighted by atomic mass is 19.1. The minimum Gasteiger partial charge on any atom is -0.454 e. The van der Waals surface area contributed by atoms with Crippen LogP contribution < -0.4 is 20.1 Å². The Bertz CT molecular complexity index is 1050. The van der Waals surface area contributed by atoms with Gasteiger partial charge in [0.25, 0.3) is 5.91 Å². The van der Waals surface area contributed by atoms with Gasteiger partial charge in [-0.2, -0.15) is 0 Å². The van der Waals surface area contributed by atoms with Crippen molar-refractivity contribution in [1.29, 1.82) is 0 Å². The van der Waals surface area contributed by atoms with Crippen LogP contribution in [0.1, 0.15) is 16.1 Å². The van der Waals surface area contributed by atoms with Crippen molar-refractivity contribution in [2.75, 3.05) is 17.4 Å². The molecule has 0 aliphatic carbocycles. The molecule has 0 saturated heterocycles. The number of rotatable bonds is 5. The summed E-state index contributed by atoms with van der Waals surface area (Å²) in [6, 6.07) is 9.79. The first kappa shape index (κ1) is 17.7.